The van der Waals surface area contributed by atoms with Gasteiger partial charge in [-0.3, -0.25) is 14.9 Å². The minimum atomic E-state index is -3.60. The Morgan fingerprint density at radius 3 is 2.34 bits per heavy atom. The second-order valence-corrected chi connectivity index (χ2v) is 9.44. The quantitative estimate of drug-likeness (QED) is 0.364. The maximum Gasteiger partial charge on any atom is 0.338 e. The lowest BCUT2D eigenvalue weighted by Crippen LogP contribution is -2.30. The van der Waals surface area contributed by atoms with Crippen LogP contribution in [0.1, 0.15) is 30.1 Å². The summed E-state index contributed by atoms with van der Waals surface area (Å²) in [5.41, 5.74) is -0.0253. The number of hydrogen-bond acceptors (Lipinski definition) is 7. The van der Waals surface area contributed by atoms with E-state index >= 15 is 0 Å². The first-order valence-corrected chi connectivity index (χ1v) is 11.5. The fourth-order valence-corrected chi connectivity index (χ4v) is 4.82. The molecule has 0 aliphatic carbocycles. The molecule has 32 heavy (non-hydrogen) atoms. The van der Waals surface area contributed by atoms with Gasteiger partial charge in [0.1, 0.15) is 0 Å². The van der Waals surface area contributed by atoms with Gasteiger partial charge in [-0.15, -0.1) is 0 Å². The SMILES string of the molecule is CC(OC(=O)c1ccc(S(=O)(=O)N2CCCC2)cc1)C(=O)Nc1ccc([N+](=O)[O-])cc1Cl. The van der Waals surface area contributed by atoms with Crippen molar-refractivity contribution in [2.24, 2.45) is 0 Å². The first kappa shape index (κ1) is 23.6. The predicted molar refractivity (Wildman–Crippen MR) is 116 cm³/mol. The molecule has 1 unspecified atom stereocenters. The van der Waals surface area contributed by atoms with Crippen molar-refractivity contribution in [2.45, 2.75) is 30.8 Å². The Morgan fingerprint density at radius 1 is 1.16 bits per heavy atom. The summed E-state index contributed by atoms with van der Waals surface area (Å²) in [7, 11) is -3.60. The van der Waals surface area contributed by atoms with Gasteiger partial charge in [-0.25, -0.2) is 13.2 Å². The van der Waals surface area contributed by atoms with Crippen LogP contribution >= 0.6 is 11.6 Å². The maximum absolute atomic E-state index is 12.6. The van der Waals surface area contributed by atoms with Crippen molar-refractivity contribution in [1.29, 1.82) is 0 Å². The van der Waals surface area contributed by atoms with Gasteiger partial charge in [0.15, 0.2) is 6.10 Å². The molecule has 1 amide bonds. The third-order valence-corrected chi connectivity index (χ3v) is 7.09. The van der Waals surface area contributed by atoms with Crippen LogP contribution in [0.25, 0.3) is 0 Å². The molecule has 1 atom stereocenters. The van der Waals surface area contributed by atoms with Gasteiger partial charge in [0.25, 0.3) is 11.6 Å². The fraction of sp³-hybridized carbons (Fsp3) is 0.300. The zero-order valence-corrected chi connectivity index (χ0v) is 18.6. The van der Waals surface area contributed by atoms with E-state index in [1.165, 1.54) is 47.6 Å². The van der Waals surface area contributed by atoms with E-state index in [4.69, 9.17) is 16.3 Å². The van der Waals surface area contributed by atoms with Gasteiger partial charge in [-0.2, -0.15) is 4.31 Å². The molecule has 0 bridgehead atoms. The molecule has 1 fully saturated rings. The molecule has 1 aliphatic rings. The summed E-state index contributed by atoms with van der Waals surface area (Å²) >= 11 is 5.94. The number of carbonyl (C=O) groups excluding carboxylic acids is 2. The van der Waals surface area contributed by atoms with Gasteiger partial charge >= 0.3 is 5.97 Å². The number of carbonyl (C=O) groups is 2. The fourth-order valence-electron chi connectivity index (χ4n) is 3.08. The van der Waals surface area contributed by atoms with Crippen LogP contribution in [0.15, 0.2) is 47.4 Å². The molecule has 1 N–H and O–H groups in total. The molecule has 0 aromatic heterocycles. The second kappa shape index (κ2) is 9.63. The van der Waals surface area contributed by atoms with E-state index in [0.29, 0.717) is 13.1 Å². The van der Waals surface area contributed by atoms with Crippen LogP contribution in [0.3, 0.4) is 0 Å². The van der Waals surface area contributed by atoms with E-state index in [-0.39, 0.29) is 26.9 Å². The van der Waals surface area contributed by atoms with E-state index in [1.807, 2.05) is 0 Å². The average Bonchev–Trinajstić information content (AvgIpc) is 3.31. The van der Waals surface area contributed by atoms with Crippen molar-refractivity contribution in [3.63, 3.8) is 0 Å². The third kappa shape index (κ3) is 5.23. The van der Waals surface area contributed by atoms with Crippen molar-refractivity contribution < 1.29 is 27.7 Å². The summed E-state index contributed by atoms with van der Waals surface area (Å²) in [6.45, 7) is 2.29. The van der Waals surface area contributed by atoms with Crippen LogP contribution < -0.4 is 5.32 Å². The van der Waals surface area contributed by atoms with Crippen LogP contribution in [0.4, 0.5) is 11.4 Å². The standard InChI is InChI=1S/C20H20ClN3O7S/c1-13(19(25)22-18-9-6-15(24(27)28)12-17(18)21)31-20(26)14-4-7-16(8-5-14)32(29,30)23-10-2-3-11-23/h4-9,12-13H,2-3,10-11H2,1H3,(H,22,25). The van der Waals surface area contributed by atoms with E-state index < -0.39 is 32.9 Å². The lowest BCUT2D eigenvalue weighted by molar-refractivity contribution is -0.384. The van der Waals surface area contributed by atoms with Gasteiger partial charge in [0.05, 0.1) is 26.1 Å². The van der Waals surface area contributed by atoms with Gasteiger partial charge in [-0.05, 0) is 50.1 Å². The normalized spacial score (nSPS) is 15.2. The van der Waals surface area contributed by atoms with Crippen molar-refractivity contribution in [1.82, 2.24) is 4.31 Å². The molecule has 0 saturated carbocycles. The molecule has 1 saturated heterocycles. The van der Waals surface area contributed by atoms with E-state index in [0.717, 1.165) is 18.9 Å². The molecule has 1 aliphatic heterocycles. The summed E-state index contributed by atoms with van der Waals surface area (Å²) in [6.07, 6.45) is 0.422. The summed E-state index contributed by atoms with van der Waals surface area (Å²) in [6, 6.07) is 8.83. The highest BCUT2D eigenvalue weighted by molar-refractivity contribution is 7.89. The molecule has 2 aromatic rings. The average molecular weight is 482 g/mol. The lowest BCUT2D eigenvalue weighted by atomic mass is 10.2. The number of benzene rings is 2. The van der Waals surface area contributed by atoms with E-state index in [9.17, 15) is 28.1 Å². The number of sulfonamides is 1. The highest BCUT2D eigenvalue weighted by atomic mass is 35.5. The van der Waals surface area contributed by atoms with Crippen LogP contribution in [0, 0.1) is 10.1 Å². The molecule has 0 spiro atoms. The minimum Gasteiger partial charge on any atom is -0.449 e. The number of hydrogen-bond donors (Lipinski definition) is 1. The molecule has 10 nitrogen and oxygen atoms in total. The van der Waals surface area contributed by atoms with Crippen molar-refractivity contribution in [3.8, 4) is 0 Å². The molecular formula is C20H20ClN3O7S. The Hall–Kier alpha value is -3.02. The first-order valence-electron chi connectivity index (χ1n) is 9.65. The van der Waals surface area contributed by atoms with E-state index in [2.05, 4.69) is 5.32 Å². The number of rotatable bonds is 7. The zero-order valence-electron chi connectivity index (χ0n) is 17.0. The Morgan fingerprint density at radius 2 is 1.78 bits per heavy atom. The van der Waals surface area contributed by atoms with Crippen molar-refractivity contribution in [3.05, 3.63) is 63.2 Å². The lowest BCUT2D eigenvalue weighted by Gasteiger charge is -2.16. The summed E-state index contributed by atoms with van der Waals surface area (Å²) in [5.74, 6) is -1.50. The molecule has 2 aromatic carbocycles. The van der Waals surface area contributed by atoms with E-state index in [1.54, 1.807) is 0 Å². The number of ether oxygens (including phenoxy) is 1. The highest BCUT2D eigenvalue weighted by Crippen LogP contribution is 2.27. The van der Waals surface area contributed by atoms with Crippen molar-refractivity contribution in [2.75, 3.05) is 18.4 Å². The van der Waals surface area contributed by atoms with Gasteiger partial charge in [0, 0.05) is 25.2 Å². The number of nitro benzene ring substituents is 1. The van der Waals surface area contributed by atoms with Gasteiger partial charge in [-0.1, -0.05) is 11.6 Å². The number of nitrogens with zero attached hydrogens (tertiary/aromatic N) is 2. The summed E-state index contributed by atoms with van der Waals surface area (Å²) in [4.78, 5) is 34.9. The number of esters is 1. The summed E-state index contributed by atoms with van der Waals surface area (Å²) < 4.78 is 31.6. The number of amides is 1. The molecule has 1 heterocycles. The highest BCUT2D eigenvalue weighted by Gasteiger charge is 2.27. The monoisotopic (exact) mass is 481 g/mol. The second-order valence-electron chi connectivity index (χ2n) is 7.09. The Labute approximate surface area is 189 Å². The zero-order chi connectivity index (χ0) is 23.5. The van der Waals surface area contributed by atoms with Crippen LogP contribution in [-0.4, -0.2) is 48.7 Å². The Bertz CT molecular complexity index is 1150. The van der Waals surface area contributed by atoms with Crippen LogP contribution in [0.5, 0.6) is 0 Å². The van der Waals surface area contributed by atoms with Gasteiger partial charge < -0.3 is 10.1 Å². The van der Waals surface area contributed by atoms with Crippen molar-refractivity contribution >= 4 is 44.9 Å². The molecule has 0 radical (unpaired) electrons. The largest absolute Gasteiger partial charge is 0.449 e. The number of non-ortho nitro benzene ring substituents is 1. The summed E-state index contributed by atoms with van der Waals surface area (Å²) in [5, 5.41) is 13.2. The molecule has 170 valence electrons. The number of anilines is 1. The number of nitrogens with one attached hydrogen (secondary N) is 1. The molecule has 12 heteroatoms. The van der Waals surface area contributed by atoms with Crippen LogP contribution in [-0.2, 0) is 19.6 Å². The predicted octanol–water partition coefficient (Wildman–Crippen LogP) is 3.22. The number of nitro groups is 1. The van der Waals surface area contributed by atoms with Crippen LogP contribution in [0.2, 0.25) is 5.02 Å². The first-order chi connectivity index (χ1) is 15.1. The molecular weight excluding hydrogens is 462 g/mol. The molecule has 3 rings (SSSR count). The minimum absolute atomic E-state index is 0.0409. The smallest absolute Gasteiger partial charge is 0.338 e. The Kier molecular flexibility index (Phi) is 7.12. The maximum atomic E-state index is 12.6. The topological polar surface area (TPSA) is 136 Å². The third-order valence-electron chi connectivity index (χ3n) is 4.87. The van der Waals surface area contributed by atoms with Gasteiger partial charge in [0.2, 0.25) is 10.0 Å². The Balaban J connectivity index is 1.62. The number of halogens is 1.